The minimum Gasteiger partial charge on any atom is -0.458 e. The molecule has 1 aliphatic carbocycles. The van der Waals surface area contributed by atoms with E-state index in [1.807, 2.05) is 0 Å². The van der Waals surface area contributed by atoms with Gasteiger partial charge in [0.15, 0.2) is 12.2 Å². The maximum atomic E-state index is 11.6. The van der Waals surface area contributed by atoms with Crippen LogP contribution in [-0.2, 0) is 42.9 Å². The summed E-state index contributed by atoms with van der Waals surface area (Å²) in [5, 5.41) is 0. The van der Waals surface area contributed by atoms with Crippen molar-refractivity contribution < 1.29 is 42.9 Å². The third-order valence-electron chi connectivity index (χ3n) is 4.19. The summed E-state index contributed by atoms with van der Waals surface area (Å²) in [7, 11) is 0. The minimum atomic E-state index is -1.10. The predicted octanol–water partition coefficient (Wildman–Crippen LogP) is -0.0106. The van der Waals surface area contributed by atoms with E-state index < -0.39 is 48.3 Å². The van der Waals surface area contributed by atoms with Gasteiger partial charge in [-0.1, -0.05) is 0 Å². The van der Waals surface area contributed by atoms with Crippen LogP contribution >= 0.6 is 0 Å². The number of hydrogen-bond donors (Lipinski definition) is 0. The summed E-state index contributed by atoms with van der Waals surface area (Å²) in [6.45, 7) is 5.32. The first-order valence-electron chi connectivity index (χ1n) is 7.97. The summed E-state index contributed by atoms with van der Waals surface area (Å²) in [4.78, 5) is 46.2. The van der Waals surface area contributed by atoms with Crippen molar-refractivity contribution in [3.05, 3.63) is 0 Å². The fourth-order valence-electron chi connectivity index (χ4n) is 3.47. The second-order valence-electron chi connectivity index (χ2n) is 6.16. The molecule has 1 aliphatic heterocycles. The van der Waals surface area contributed by atoms with E-state index in [-0.39, 0.29) is 25.0 Å². The van der Waals surface area contributed by atoms with Crippen molar-refractivity contribution in [3.8, 4) is 0 Å². The van der Waals surface area contributed by atoms with Crippen LogP contribution in [0.4, 0.5) is 0 Å². The quantitative estimate of drug-likeness (QED) is 0.505. The number of rotatable bonds is 4. The summed E-state index contributed by atoms with van der Waals surface area (Å²) in [6.07, 6.45) is -3.94. The standard InChI is InChI=1S/C16H22O9/c1-7(17)22-13-11-5-21-6-12(11)14(23-8(2)18)16(25-10(4)20)15(13)24-9(3)19/h11-16H,5-6H2,1-4H3/t11-,12+,13-,14-,15-,16-/m0/s1. The maximum Gasteiger partial charge on any atom is 0.303 e. The molecule has 2 rings (SSSR count). The van der Waals surface area contributed by atoms with E-state index in [1.54, 1.807) is 0 Å². The van der Waals surface area contributed by atoms with Crippen LogP contribution < -0.4 is 0 Å². The van der Waals surface area contributed by atoms with E-state index in [0.717, 1.165) is 0 Å². The number of ether oxygens (including phenoxy) is 5. The second kappa shape index (κ2) is 7.81. The van der Waals surface area contributed by atoms with E-state index in [2.05, 4.69) is 0 Å². The molecule has 0 aromatic rings. The smallest absolute Gasteiger partial charge is 0.303 e. The van der Waals surface area contributed by atoms with E-state index >= 15 is 0 Å². The molecule has 0 amide bonds. The van der Waals surface area contributed by atoms with Crippen LogP contribution in [0.25, 0.3) is 0 Å². The zero-order chi connectivity index (χ0) is 18.7. The molecule has 0 aromatic heterocycles. The number of carbonyl (C=O) groups excluding carboxylic acids is 4. The Morgan fingerprint density at radius 3 is 1.16 bits per heavy atom. The first-order chi connectivity index (χ1) is 11.7. The Bertz CT molecular complexity index is 510. The third kappa shape index (κ3) is 4.47. The minimum absolute atomic E-state index is 0.241. The molecule has 0 spiro atoms. The van der Waals surface area contributed by atoms with Crippen LogP contribution in [0.15, 0.2) is 0 Å². The van der Waals surface area contributed by atoms with Crippen LogP contribution in [0.3, 0.4) is 0 Å². The van der Waals surface area contributed by atoms with Crippen LogP contribution in [0, 0.1) is 11.8 Å². The zero-order valence-electron chi connectivity index (χ0n) is 14.6. The number of hydrogen-bond acceptors (Lipinski definition) is 9. The molecule has 2 fully saturated rings. The van der Waals surface area contributed by atoms with Gasteiger partial charge < -0.3 is 23.7 Å². The van der Waals surface area contributed by atoms with E-state index in [4.69, 9.17) is 23.7 Å². The lowest BCUT2D eigenvalue weighted by Gasteiger charge is -2.45. The Kier molecular flexibility index (Phi) is 5.99. The molecule has 1 saturated carbocycles. The van der Waals surface area contributed by atoms with Crippen molar-refractivity contribution in [1.82, 2.24) is 0 Å². The average Bonchev–Trinajstić information content (AvgIpc) is 2.93. The SMILES string of the molecule is CC(=O)O[C@@H]1[C@@H](OC(C)=O)[C@@H](OC(C)=O)[C@H]2COC[C@H]2[C@@H]1OC(C)=O. The van der Waals surface area contributed by atoms with Gasteiger partial charge in [-0.3, -0.25) is 19.2 Å². The summed E-state index contributed by atoms with van der Waals surface area (Å²) < 4.78 is 26.8. The largest absolute Gasteiger partial charge is 0.458 e. The van der Waals surface area contributed by atoms with Crippen molar-refractivity contribution in [2.24, 2.45) is 11.8 Å². The first-order valence-corrected chi connectivity index (χ1v) is 7.97. The van der Waals surface area contributed by atoms with Crippen LogP contribution in [-0.4, -0.2) is 61.5 Å². The summed E-state index contributed by atoms with van der Waals surface area (Å²) in [6, 6.07) is 0. The van der Waals surface area contributed by atoms with Gasteiger partial charge in [0, 0.05) is 39.5 Å². The lowest BCUT2D eigenvalue weighted by Crippen LogP contribution is -2.62. The van der Waals surface area contributed by atoms with Gasteiger partial charge in [0.2, 0.25) is 0 Å². The Labute approximate surface area is 144 Å². The highest BCUT2D eigenvalue weighted by molar-refractivity contribution is 5.69. The topological polar surface area (TPSA) is 114 Å². The molecule has 6 atom stereocenters. The molecule has 140 valence electrons. The zero-order valence-corrected chi connectivity index (χ0v) is 14.6. The van der Waals surface area contributed by atoms with Gasteiger partial charge in [-0.25, -0.2) is 0 Å². The lowest BCUT2D eigenvalue weighted by atomic mass is 9.74. The fourth-order valence-corrected chi connectivity index (χ4v) is 3.47. The molecular formula is C16H22O9. The second-order valence-corrected chi connectivity index (χ2v) is 6.16. The number of carbonyl (C=O) groups is 4. The molecule has 0 unspecified atom stereocenters. The molecule has 1 saturated heterocycles. The highest BCUT2D eigenvalue weighted by Gasteiger charge is 2.59. The number of esters is 4. The van der Waals surface area contributed by atoms with Crippen LogP contribution in [0.2, 0.25) is 0 Å². The molecule has 0 bridgehead atoms. The molecule has 0 N–H and O–H groups in total. The van der Waals surface area contributed by atoms with Crippen LogP contribution in [0.5, 0.6) is 0 Å². The van der Waals surface area contributed by atoms with Gasteiger partial charge in [-0.05, 0) is 0 Å². The monoisotopic (exact) mass is 358 g/mol. The van der Waals surface area contributed by atoms with E-state index in [1.165, 1.54) is 27.7 Å². The molecule has 2 aliphatic rings. The third-order valence-corrected chi connectivity index (χ3v) is 4.19. The highest BCUT2D eigenvalue weighted by atomic mass is 16.6. The fraction of sp³-hybridized carbons (Fsp3) is 0.750. The molecule has 25 heavy (non-hydrogen) atoms. The van der Waals surface area contributed by atoms with E-state index in [0.29, 0.717) is 0 Å². The Hall–Kier alpha value is -2.16. The highest BCUT2D eigenvalue weighted by Crippen LogP contribution is 2.41. The van der Waals surface area contributed by atoms with Crippen molar-refractivity contribution in [1.29, 1.82) is 0 Å². The van der Waals surface area contributed by atoms with Crippen molar-refractivity contribution in [2.45, 2.75) is 52.1 Å². The van der Waals surface area contributed by atoms with Crippen molar-refractivity contribution in [2.75, 3.05) is 13.2 Å². The first kappa shape index (κ1) is 19.2. The van der Waals surface area contributed by atoms with E-state index in [9.17, 15) is 19.2 Å². The van der Waals surface area contributed by atoms with Gasteiger partial charge >= 0.3 is 23.9 Å². The Morgan fingerprint density at radius 1 is 0.600 bits per heavy atom. The molecule has 9 heteroatoms. The lowest BCUT2D eigenvalue weighted by molar-refractivity contribution is -0.225. The molecule has 0 aromatic carbocycles. The summed E-state index contributed by atoms with van der Waals surface area (Å²) in [5.41, 5.74) is 0. The van der Waals surface area contributed by atoms with Gasteiger partial charge in [-0.2, -0.15) is 0 Å². The molecule has 0 radical (unpaired) electrons. The van der Waals surface area contributed by atoms with Gasteiger partial charge in [0.1, 0.15) is 12.2 Å². The number of fused-ring (bicyclic) bond motifs is 1. The van der Waals surface area contributed by atoms with Gasteiger partial charge in [-0.15, -0.1) is 0 Å². The average molecular weight is 358 g/mol. The molecule has 1 heterocycles. The molecule has 9 nitrogen and oxygen atoms in total. The molecular weight excluding hydrogens is 336 g/mol. The van der Waals surface area contributed by atoms with Crippen molar-refractivity contribution >= 4 is 23.9 Å². The normalized spacial score (nSPS) is 33.8. The summed E-state index contributed by atoms with van der Waals surface area (Å²) in [5.74, 6) is -3.13. The summed E-state index contributed by atoms with van der Waals surface area (Å²) >= 11 is 0. The van der Waals surface area contributed by atoms with Crippen LogP contribution in [0.1, 0.15) is 27.7 Å². The Balaban J connectivity index is 2.43. The maximum absolute atomic E-state index is 11.6. The Morgan fingerprint density at radius 2 is 0.880 bits per heavy atom. The predicted molar refractivity (Wildman–Crippen MR) is 80.0 cm³/mol. The van der Waals surface area contributed by atoms with Crippen molar-refractivity contribution in [3.63, 3.8) is 0 Å². The van der Waals surface area contributed by atoms with Gasteiger partial charge in [0.05, 0.1) is 13.2 Å². The van der Waals surface area contributed by atoms with Gasteiger partial charge in [0.25, 0.3) is 0 Å².